The van der Waals surface area contributed by atoms with Crippen molar-refractivity contribution in [1.82, 2.24) is 19.9 Å². The minimum absolute atomic E-state index is 0.675. The monoisotopic (exact) mass is 342 g/mol. The van der Waals surface area contributed by atoms with Crippen LogP contribution in [0.15, 0.2) is 24.1 Å². The highest BCUT2D eigenvalue weighted by Gasteiger charge is 2.22. The number of hydrogen-bond donors (Lipinski definition) is 0. The summed E-state index contributed by atoms with van der Waals surface area (Å²) in [6.07, 6.45) is 5.07. The van der Waals surface area contributed by atoms with E-state index in [-0.39, 0.29) is 0 Å². The predicted octanol–water partition coefficient (Wildman–Crippen LogP) is 2.12. The molecule has 1 fully saturated rings. The summed E-state index contributed by atoms with van der Waals surface area (Å²) in [5, 5.41) is 2.14. The van der Waals surface area contributed by atoms with E-state index in [9.17, 15) is 0 Å². The van der Waals surface area contributed by atoms with Crippen LogP contribution >= 0.6 is 11.3 Å². The Morgan fingerprint density at radius 2 is 1.71 bits per heavy atom. The second-order valence-corrected chi connectivity index (χ2v) is 6.57. The van der Waals surface area contributed by atoms with Gasteiger partial charge in [0.1, 0.15) is 12.1 Å². The second-order valence-electron chi connectivity index (χ2n) is 5.69. The van der Waals surface area contributed by atoms with Crippen LogP contribution in [-0.4, -0.2) is 53.2 Å². The first-order valence-electron chi connectivity index (χ1n) is 7.81. The summed E-state index contributed by atoms with van der Waals surface area (Å²) in [5.74, 6) is 2.46. The molecule has 3 aromatic heterocycles. The maximum absolute atomic E-state index is 5.11. The van der Waals surface area contributed by atoms with Gasteiger partial charge in [-0.05, 0) is 17.9 Å². The lowest BCUT2D eigenvalue weighted by atomic mass is 10.3. The van der Waals surface area contributed by atoms with Gasteiger partial charge in [0.25, 0.3) is 0 Å². The minimum Gasteiger partial charge on any atom is -0.494 e. The van der Waals surface area contributed by atoms with Gasteiger partial charge in [-0.2, -0.15) is 0 Å². The molecule has 7 nitrogen and oxygen atoms in total. The van der Waals surface area contributed by atoms with Gasteiger partial charge in [-0.15, -0.1) is 11.3 Å². The number of thiophene rings is 1. The van der Waals surface area contributed by atoms with E-state index in [1.165, 1.54) is 10.3 Å². The van der Waals surface area contributed by atoms with E-state index in [4.69, 9.17) is 4.74 Å². The van der Waals surface area contributed by atoms with E-state index in [1.807, 2.05) is 0 Å². The maximum Gasteiger partial charge on any atom is 0.225 e. The molecule has 0 aliphatic carbocycles. The number of aromatic nitrogens is 4. The molecule has 0 radical (unpaired) electrons. The second kappa shape index (κ2) is 6.20. The molecular weight excluding hydrogens is 324 g/mol. The zero-order valence-corrected chi connectivity index (χ0v) is 14.5. The van der Waals surface area contributed by atoms with Crippen molar-refractivity contribution in [3.63, 3.8) is 0 Å². The van der Waals surface area contributed by atoms with E-state index in [0.717, 1.165) is 43.5 Å². The summed E-state index contributed by atoms with van der Waals surface area (Å²) in [6, 6.07) is 0. The van der Waals surface area contributed by atoms with Crippen molar-refractivity contribution < 1.29 is 4.74 Å². The molecule has 4 heterocycles. The summed E-state index contributed by atoms with van der Waals surface area (Å²) in [7, 11) is 1.62. The van der Waals surface area contributed by atoms with Crippen LogP contribution in [0.4, 0.5) is 11.8 Å². The average Bonchev–Trinajstić information content (AvgIpc) is 3.03. The zero-order chi connectivity index (χ0) is 16.5. The van der Waals surface area contributed by atoms with Crippen molar-refractivity contribution in [2.75, 3.05) is 43.1 Å². The first-order chi connectivity index (χ1) is 11.8. The van der Waals surface area contributed by atoms with Gasteiger partial charge in [0.05, 0.1) is 29.7 Å². The summed E-state index contributed by atoms with van der Waals surface area (Å²) >= 11 is 1.72. The Labute approximate surface area is 144 Å². The molecule has 0 bridgehead atoms. The number of hydrogen-bond acceptors (Lipinski definition) is 8. The van der Waals surface area contributed by atoms with Crippen molar-refractivity contribution in [2.24, 2.45) is 0 Å². The van der Waals surface area contributed by atoms with Gasteiger partial charge < -0.3 is 14.5 Å². The number of nitrogens with zero attached hydrogens (tertiary/aromatic N) is 6. The van der Waals surface area contributed by atoms with Crippen LogP contribution in [0.3, 0.4) is 0 Å². The highest BCUT2D eigenvalue weighted by atomic mass is 32.1. The molecule has 1 aliphatic heterocycles. The van der Waals surface area contributed by atoms with E-state index >= 15 is 0 Å². The molecule has 4 rings (SSSR count). The molecule has 8 heteroatoms. The van der Waals surface area contributed by atoms with E-state index in [1.54, 1.807) is 37.2 Å². The van der Waals surface area contributed by atoms with Gasteiger partial charge >= 0.3 is 0 Å². The Morgan fingerprint density at radius 1 is 1.00 bits per heavy atom. The normalized spacial score (nSPS) is 15.1. The van der Waals surface area contributed by atoms with Crippen molar-refractivity contribution in [2.45, 2.75) is 6.92 Å². The first kappa shape index (κ1) is 15.1. The first-order valence-corrected chi connectivity index (χ1v) is 8.69. The molecule has 24 heavy (non-hydrogen) atoms. The molecule has 1 aliphatic rings. The Hall–Kier alpha value is -2.48. The third-order valence-corrected chi connectivity index (χ3v) is 5.31. The summed E-state index contributed by atoms with van der Waals surface area (Å²) in [5.41, 5.74) is 2.27. The van der Waals surface area contributed by atoms with Gasteiger partial charge in [0.15, 0.2) is 5.75 Å². The third kappa shape index (κ3) is 2.62. The highest BCUT2D eigenvalue weighted by Crippen LogP contribution is 2.31. The lowest BCUT2D eigenvalue weighted by molar-refractivity contribution is 0.410. The fourth-order valence-electron chi connectivity index (χ4n) is 2.88. The molecule has 124 valence electrons. The smallest absolute Gasteiger partial charge is 0.225 e. The number of aryl methyl sites for hydroxylation is 1. The molecule has 0 N–H and O–H groups in total. The molecule has 3 aromatic rings. The molecule has 0 amide bonds. The van der Waals surface area contributed by atoms with E-state index in [2.05, 4.69) is 42.0 Å². The molecule has 0 spiro atoms. The minimum atomic E-state index is 0.675. The number of ether oxygens (including phenoxy) is 1. The Bertz CT molecular complexity index is 841. The molecule has 0 aromatic carbocycles. The van der Waals surface area contributed by atoms with Crippen molar-refractivity contribution in [3.05, 3.63) is 29.7 Å². The number of fused-ring (bicyclic) bond motifs is 1. The van der Waals surface area contributed by atoms with Crippen LogP contribution in [0.1, 0.15) is 5.56 Å². The quantitative estimate of drug-likeness (QED) is 0.722. The highest BCUT2D eigenvalue weighted by molar-refractivity contribution is 7.18. The lowest BCUT2D eigenvalue weighted by Crippen LogP contribution is -2.47. The van der Waals surface area contributed by atoms with Crippen LogP contribution in [0.5, 0.6) is 5.75 Å². The summed E-state index contributed by atoms with van der Waals surface area (Å²) in [6.45, 7) is 5.59. The molecule has 0 unspecified atom stereocenters. The molecular formula is C16H18N6OS. The molecule has 0 saturated carbocycles. The SMILES string of the molecule is COc1cnc(N2CCN(c3ncnc4c(C)csc34)CC2)nc1. The lowest BCUT2D eigenvalue weighted by Gasteiger charge is -2.35. The molecule has 1 saturated heterocycles. The van der Waals surface area contributed by atoms with Crippen LogP contribution in [0.25, 0.3) is 10.2 Å². The Kier molecular flexibility index (Phi) is 3.89. The summed E-state index contributed by atoms with van der Waals surface area (Å²) < 4.78 is 6.28. The van der Waals surface area contributed by atoms with Crippen LogP contribution in [-0.2, 0) is 0 Å². The molecule has 0 atom stereocenters. The van der Waals surface area contributed by atoms with Gasteiger partial charge in [-0.1, -0.05) is 0 Å². The van der Waals surface area contributed by atoms with Crippen molar-refractivity contribution in [1.29, 1.82) is 0 Å². The fourth-order valence-corrected chi connectivity index (χ4v) is 3.90. The number of methoxy groups -OCH3 is 1. The van der Waals surface area contributed by atoms with Crippen molar-refractivity contribution in [3.8, 4) is 5.75 Å². The van der Waals surface area contributed by atoms with E-state index < -0.39 is 0 Å². The Morgan fingerprint density at radius 3 is 2.42 bits per heavy atom. The fraction of sp³-hybridized carbons (Fsp3) is 0.375. The maximum atomic E-state index is 5.11. The number of piperazine rings is 1. The van der Waals surface area contributed by atoms with Crippen LogP contribution in [0, 0.1) is 6.92 Å². The van der Waals surface area contributed by atoms with E-state index in [0.29, 0.717) is 5.75 Å². The summed E-state index contributed by atoms with van der Waals surface area (Å²) in [4.78, 5) is 22.2. The third-order valence-electron chi connectivity index (χ3n) is 4.22. The zero-order valence-electron chi connectivity index (χ0n) is 13.6. The number of rotatable bonds is 3. The topological polar surface area (TPSA) is 67.3 Å². The van der Waals surface area contributed by atoms with Gasteiger partial charge in [-0.25, -0.2) is 19.9 Å². The van der Waals surface area contributed by atoms with Crippen LogP contribution in [0.2, 0.25) is 0 Å². The van der Waals surface area contributed by atoms with Gasteiger partial charge in [0, 0.05) is 26.2 Å². The standard InChI is InChI=1S/C16H18N6OS/c1-11-9-24-14-13(11)19-10-20-15(14)21-3-5-22(6-4-21)16-17-7-12(23-2)8-18-16/h7-10H,3-6H2,1-2H3. The largest absolute Gasteiger partial charge is 0.494 e. The van der Waals surface area contributed by atoms with Crippen molar-refractivity contribution >= 4 is 33.3 Å². The van der Waals surface area contributed by atoms with Gasteiger partial charge in [0.2, 0.25) is 5.95 Å². The van der Waals surface area contributed by atoms with Gasteiger partial charge in [-0.3, -0.25) is 0 Å². The average molecular weight is 342 g/mol. The van der Waals surface area contributed by atoms with Crippen LogP contribution < -0.4 is 14.5 Å². The Balaban J connectivity index is 1.51. The predicted molar refractivity (Wildman–Crippen MR) is 95.2 cm³/mol. The number of anilines is 2.